The summed E-state index contributed by atoms with van der Waals surface area (Å²) in [7, 11) is 1.80. The number of imidazole rings is 1. The smallest absolute Gasteiger partial charge is 0.276 e. The Labute approximate surface area is 137 Å². The van der Waals surface area contributed by atoms with Crippen molar-refractivity contribution in [1.82, 2.24) is 14.0 Å². The number of benzene rings is 1. The quantitative estimate of drug-likeness (QED) is 0.571. The molecule has 0 N–H and O–H groups in total. The van der Waals surface area contributed by atoms with E-state index in [0.29, 0.717) is 11.9 Å². The highest BCUT2D eigenvalue weighted by molar-refractivity contribution is 14.1. The van der Waals surface area contributed by atoms with E-state index in [1.165, 1.54) is 0 Å². The molecule has 0 amide bonds. The normalized spacial score (nSPS) is 11.2. The second-order valence-electron chi connectivity index (χ2n) is 4.57. The minimum atomic E-state index is -0.0185. The summed E-state index contributed by atoms with van der Waals surface area (Å²) < 4.78 is 5.38. The van der Waals surface area contributed by atoms with Crippen molar-refractivity contribution in [2.45, 2.75) is 6.42 Å². The second-order valence-corrected chi connectivity index (χ2v) is 6.45. The molecule has 20 heavy (non-hydrogen) atoms. The fraction of sp³-hybridized carbons (Fsp3) is 0.143. The van der Waals surface area contributed by atoms with Crippen LogP contribution in [0.5, 0.6) is 0 Å². The molecular weight excluding hydrogens is 433 g/mol. The van der Waals surface area contributed by atoms with Gasteiger partial charge < -0.3 is 4.57 Å². The number of hydrogen-bond donors (Lipinski definition) is 0. The van der Waals surface area contributed by atoms with E-state index < -0.39 is 0 Å². The lowest BCUT2D eigenvalue weighted by Crippen LogP contribution is -2.22. The van der Waals surface area contributed by atoms with Gasteiger partial charge in [0.2, 0.25) is 0 Å². The Kier molecular flexibility index (Phi) is 3.68. The minimum Gasteiger partial charge on any atom is -0.312 e. The van der Waals surface area contributed by atoms with Crippen LogP contribution >= 0.6 is 38.5 Å². The van der Waals surface area contributed by atoms with Crippen LogP contribution in [0.4, 0.5) is 0 Å². The van der Waals surface area contributed by atoms with E-state index in [1.807, 2.05) is 22.7 Å². The third kappa shape index (κ3) is 2.42. The van der Waals surface area contributed by atoms with Crippen molar-refractivity contribution in [2.75, 3.05) is 0 Å². The van der Waals surface area contributed by atoms with Gasteiger partial charge in [-0.15, -0.1) is 0 Å². The fourth-order valence-electron chi connectivity index (χ4n) is 2.13. The van der Waals surface area contributed by atoms with E-state index in [-0.39, 0.29) is 5.56 Å². The lowest BCUT2D eigenvalue weighted by atomic mass is 10.1. The first-order valence-corrected chi connectivity index (χ1v) is 7.89. The first-order chi connectivity index (χ1) is 9.56. The second kappa shape index (κ2) is 5.33. The highest BCUT2D eigenvalue weighted by Gasteiger charge is 2.10. The van der Waals surface area contributed by atoms with Crippen molar-refractivity contribution >= 4 is 44.0 Å². The standard InChI is InChI=1S/C14H11BrIN3O/c1-18-11(6-9-2-4-10(15)5-3-9)8-19-12(13(18)20)7-17-14(19)16/h2-5,7-8H,6H2,1H3. The Bertz CT molecular complexity index is 836. The van der Waals surface area contributed by atoms with Gasteiger partial charge >= 0.3 is 0 Å². The predicted molar refractivity (Wildman–Crippen MR) is 90.1 cm³/mol. The maximum Gasteiger partial charge on any atom is 0.276 e. The van der Waals surface area contributed by atoms with Gasteiger partial charge in [-0.05, 0) is 17.7 Å². The van der Waals surface area contributed by atoms with E-state index in [9.17, 15) is 4.79 Å². The largest absolute Gasteiger partial charge is 0.312 e. The van der Waals surface area contributed by atoms with Crippen LogP contribution in [0.1, 0.15) is 11.3 Å². The molecule has 0 spiro atoms. The molecule has 0 bridgehead atoms. The lowest BCUT2D eigenvalue weighted by molar-refractivity contribution is 0.776. The van der Waals surface area contributed by atoms with Gasteiger partial charge in [0, 0.05) is 52.4 Å². The minimum absolute atomic E-state index is 0.0185. The summed E-state index contributed by atoms with van der Waals surface area (Å²) in [5.74, 6) is 0. The molecule has 2 aromatic heterocycles. The van der Waals surface area contributed by atoms with Crippen LogP contribution in [0.2, 0.25) is 0 Å². The molecule has 6 heteroatoms. The fourth-order valence-corrected chi connectivity index (χ4v) is 2.94. The molecule has 0 atom stereocenters. The van der Waals surface area contributed by atoms with Gasteiger partial charge in [0.05, 0.1) is 6.20 Å². The number of hydrogen-bond acceptors (Lipinski definition) is 2. The van der Waals surface area contributed by atoms with Gasteiger partial charge in [0.25, 0.3) is 5.56 Å². The summed E-state index contributed by atoms with van der Waals surface area (Å²) in [4.78, 5) is 16.5. The Balaban J connectivity index is 2.11. The average molecular weight is 444 g/mol. The first kappa shape index (κ1) is 13.8. The molecule has 0 radical (unpaired) electrons. The number of rotatable bonds is 2. The van der Waals surface area contributed by atoms with Crippen LogP contribution in [-0.2, 0) is 13.5 Å². The first-order valence-electron chi connectivity index (χ1n) is 6.02. The zero-order valence-corrected chi connectivity index (χ0v) is 14.4. The molecule has 0 unspecified atom stereocenters. The summed E-state index contributed by atoms with van der Waals surface area (Å²) in [5, 5.41) is 0. The molecule has 2 heterocycles. The van der Waals surface area contributed by atoms with Crippen LogP contribution in [-0.4, -0.2) is 14.0 Å². The van der Waals surface area contributed by atoms with Crippen LogP contribution in [0.25, 0.3) is 5.52 Å². The van der Waals surface area contributed by atoms with Gasteiger partial charge in [0.15, 0.2) is 3.83 Å². The van der Waals surface area contributed by atoms with Gasteiger partial charge in [-0.25, -0.2) is 4.98 Å². The van der Waals surface area contributed by atoms with Crippen LogP contribution < -0.4 is 5.56 Å². The SMILES string of the molecule is Cn1c(Cc2ccc(Br)cc2)cn2c(I)ncc2c1=O. The summed E-state index contributed by atoms with van der Waals surface area (Å²) >= 11 is 5.56. The number of aromatic nitrogens is 3. The molecule has 0 saturated carbocycles. The lowest BCUT2D eigenvalue weighted by Gasteiger charge is -2.10. The van der Waals surface area contributed by atoms with E-state index >= 15 is 0 Å². The monoisotopic (exact) mass is 443 g/mol. The van der Waals surface area contributed by atoms with Crippen molar-refractivity contribution in [3.8, 4) is 0 Å². The Hall–Kier alpha value is -1.15. The molecule has 0 aliphatic heterocycles. The van der Waals surface area contributed by atoms with Crippen molar-refractivity contribution in [3.05, 3.63) is 66.6 Å². The van der Waals surface area contributed by atoms with Gasteiger partial charge in [-0.3, -0.25) is 9.20 Å². The van der Waals surface area contributed by atoms with E-state index in [1.54, 1.807) is 17.8 Å². The third-order valence-corrected chi connectivity index (χ3v) is 4.61. The van der Waals surface area contributed by atoms with Crippen molar-refractivity contribution in [2.24, 2.45) is 7.05 Å². The Morgan fingerprint density at radius 1 is 1.30 bits per heavy atom. The van der Waals surface area contributed by atoms with E-state index in [2.05, 4.69) is 55.6 Å². The molecule has 3 aromatic rings. The topological polar surface area (TPSA) is 39.3 Å². The molecule has 3 rings (SSSR count). The molecule has 0 fully saturated rings. The Morgan fingerprint density at radius 3 is 2.70 bits per heavy atom. The maximum absolute atomic E-state index is 12.3. The third-order valence-electron chi connectivity index (χ3n) is 3.28. The van der Waals surface area contributed by atoms with Crippen LogP contribution in [0.15, 0.2) is 45.9 Å². The van der Waals surface area contributed by atoms with Crippen LogP contribution in [0.3, 0.4) is 0 Å². The van der Waals surface area contributed by atoms with E-state index in [0.717, 1.165) is 19.6 Å². The highest BCUT2D eigenvalue weighted by Crippen LogP contribution is 2.14. The molecule has 4 nitrogen and oxygen atoms in total. The summed E-state index contributed by atoms with van der Waals surface area (Å²) in [6.45, 7) is 0. The van der Waals surface area contributed by atoms with Crippen LogP contribution in [0, 0.1) is 3.83 Å². The average Bonchev–Trinajstić information content (AvgIpc) is 2.80. The Morgan fingerprint density at radius 2 is 2.00 bits per heavy atom. The summed E-state index contributed by atoms with van der Waals surface area (Å²) in [6, 6.07) is 8.12. The van der Waals surface area contributed by atoms with Gasteiger partial charge in [-0.1, -0.05) is 28.1 Å². The molecule has 0 aliphatic rings. The van der Waals surface area contributed by atoms with Gasteiger partial charge in [0.1, 0.15) is 5.52 Å². The molecule has 0 aliphatic carbocycles. The molecule has 102 valence electrons. The summed E-state index contributed by atoms with van der Waals surface area (Å²) in [6.07, 6.45) is 4.31. The van der Waals surface area contributed by atoms with Crippen molar-refractivity contribution < 1.29 is 0 Å². The zero-order chi connectivity index (χ0) is 14.3. The summed E-state index contributed by atoms with van der Waals surface area (Å²) in [5.41, 5.74) is 2.71. The number of fused-ring (bicyclic) bond motifs is 1. The maximum atomic E-state index is 12.3. The molecular formula is C14H11BrIN3O. The van der Waals surface area contributed by atoms with Crippen molar-refractivity contribution in [3.63, 3.8) is 0 Å². The predicted octanol–water partition coefficient (Wildman–Crippen LogP) is 2.99. The number of halogens is 2. The number of nitrogens with zero attached hydrogens (tertiary/aromatic N) is 3. The molecule has 0 saturated heterocycles. The highest BCUT2D eigenvalue weighted by atomic mass is 127. The van der Waals surface area contributed by atoms with Gasteiger partial charge in [-0.2, -0.15) is 0 Å². The molecule has 1 aromatic carbocycles. The van der Waals surface area contributed by atoms with Crippen molar-refractivity contribution in [1.29, 1.82) is 0 Å². The van der Waals surface area contributed by atoms with E-state index in [4.69, 9.17) is 0 Å². The zero-order valence-electron chi connectivity index (χ0n) is 10.7.